The number of nitrogens with one attached hydrogen (secondary N) is 6. The van der Waals surface area contributed by atoms with E-state index < -0.39 is 113 Å². The quantitative estimate of drug-likeness (QED) is 0.00949. The fourth-order valence-corrected chi connectivity index (χ4v) is 13.5. The van der Waals surface area contributed by atoms with Crippen LogP contribution in [0.3, 0.4) is 0 Å². The molecule has 125 heavy (non-hydrogen) atoms. The molecule has 2 fully saturated rings. The first-order valence-electron chi connectivity index (χ1n) is 40.1. The van der Waals surface area contributed by atoms with Crippen LogP contribution in [0, 0.1) is 5.92 Å². The maximum Gasteiger partial charge on any atom is 1.00 e. The number of benzene rings is 2. The van der Waals surface area contributed by atoms with Gasteiger partial charge in [0.2, 0.25) is 17.8 Å². The molecule has 9 N–H and O–H groups in total. The number of nitrogens with two attached hydrogens (primary N) is 1. The van der Waals surface area contributed by atoms with Crippen molar-refractivity contribution in [2.24, 2.45) is 5.92 Å². The Bertz CT molecular complexity index is 5040. The third kappa shape index (κ3) is 29.8. The molecule has 2 aromatic carbocycles. The van der Waals surface area contributed by atoms with Gasteiger partial charge in [0.05, 0.1) is 77.5 Å². The number of nitrogens with zero attached hydrogens (tertiary/aromatic N) is 9. The smallest absolute Gasteiger partial charge is 0.870 e. The van der Waals surface area contributed by atoms with Crippen molar-refractivity contribution >= 4 is 128 Å². The molecule has 2 saturated carbocycles. The predicted octanol–water partition coefficient (Wildman–Crippen LogP) is 2.88. The number of ether oxygens (including phenoxy) is 6. The van der Waals surface area contributed by atoms with Gasteiger partial charge < -0.3 is 55.6 Å². The van der Waals surface area contributed by atoms with E-state index in [0.717, 1.165) is 73.1 Å². The van der Waals surface area contributed by atoms with E-state index in [0.29, 0.717) is 80.9 Å². The zero-order valence-corrected chi connectivity index (χ0v) is 69.7. The Hall–Kier alpha value is -12.1. The summed E-state index contributed by atoms with van der Waals surface area (Å²) in [5.74, 6) is -10.1. The number of aromatic nitrogens is 8. The number of anilines is 4. The fourth-order valence-electron chi connectivity index (χ4n) is 13.5. The first kappa shape index (κ1) is 100. The second kappa shape index (κ2) is 47.7. The molecule has 39 nitrogen and oxygen atoms in total. The van der Waals surface area contributed by atoms with Crippen molar-refractivity contribution in [3.8, 4) is 0 Å². The number of imide groups is 2. The minimum Gasteiger partial charge on any atom is -0.870 e. The number of hydrogen-bond donors (Lipinski definition) is 7. The van der Waals surface area contributed by atoms with Gasteiger partial charge in [-0.2, -0.15) is 23.1 Å². The Labute approximate surface area is 725 Å². The van der Waals surface area contributed by atoms with E-state index in [9.17, 15) is 89.9 Å². The molecule has 6 heterocycles. The molecule has 666 valence electrons. The molecule has 2 aliphatic carbocycles. The average molecular weight is 1740 g/mol. The van der Waals surface area contributed by atoms with Crippen molar-refractivity contribution in [1.82, 2.24) is 60.3 Å². The van der Waals surface area contributed by atoms with E-state index in [1.807, 2.05) is 0 Å². The summed E-state index contributed by atoms with van der Waals surface area (Å²) in [6, 6.07) is 8.57. The van der Waals surface area contributed by atoms with Crippen LogP contribution in [-0.4, -0.2) is 221 Å². The summed E-state index contributed by atoms with van der Waals surface area (Å²) in [6.07, 6.45) is 10.6. The summed E-state index contributed by atoms with van der Waals surface area (Å²) < 4.78 is 75.5. The molecule has 4 aromatic heterocycles. The summed E-state index contributed by atoms with van der Waals surface area (Å²) in [5.41, 5.74) is 4.59. The van der Waals surface area contributed by atoms with Crippen LogP contribution in [0.2, 0.25) is 0 Å². The minimum atomic E-state index is -5.35. The van der Waals surface area contributed by atoms with Gasteiger partial charge in [0.15, 0.2) is 33.9 Å². The Morgan fingerprint density at radius 1 is 0.536 bits per heavy atom. The number of carbonyl (C=O) groups is 14. The van der Waals surface area contributed by atoms with Gasteiger partial charge >= 0.3 is 42.9 Å². The van der Waals surface area contributed by atoms with E-state index in [1.54, 1.807) is 38.1 Å². The van der Waals surface area contributed by atoms with E-state index in [2.05, 4.69) is 61.1 Å². The Morgan fingerprint density at radius 2 is 0.928 bits per heavy atom. The van der Waals surface area contributed by atoms with E-state index in [1.165, 1.54) is 37.6 Å². The van der Waals surface area contributed by atoms with Crippen molar-refractivity contribution < 1.29 is 133 Å². The number of amides is 8. The number of ketones is 4. The number of carbonyl (C=O) groups excluding carboxylic acids is 14. The van der Waals surface area contributed by atoms with Crippen molar-refractivity contribution in [2.45, 2.75) is 198 Å². The number of fused-ring (bicyclic) bond motifs is 2. The van der Waals surface area contributed by atoms with Crippen molar-refractivity contribution in [2.75, 3.05) is 75.0 Å². The van der Waals surface area contributed by atoms with Gasteiger partial charge in [-0.05, 0) is 113 Å². The SMILES string of the molecule is COC(=O)[C@H](CCC(=O)CCCOC1(OCCCC(=O)CCN2C(=O)C=CC2=O)CCCC1)NC(=O)c1ccc(N(Cc2cnc3nc(NC(=O)C(C)C)[nH]c(=O)c3n2)C(=O)C(F)(F)F)cc1.COC(=O)[C@H](CCC(=O)CCCOC1(OCCCC(=O)CCN2C(=O)C=CC2=O)CCCC1)NC(=O)c1ccc(NCc2cnc3nc(N)[nH]c(=O)c3n2)cc1.[Li+].[OH-]. The van der Waals surface area contributed by atoms with Gasteiger partial charge in [0, 0.05) is 143 Å². The summed E-state index contributed by atoms with van der Waals surface area (Å²) in [6.45, 7) is 3.80. The monoisotopic (exact) mass is 1740 g/mol. The maximum atomic E-state index is 13.8. The van der Waals surface area contributed by atoms with Gasteiger partial charge in [-0.25, -0.2) is 29.5 Å². The van der Waals surface area contributed by atoms with Crippen LogP contribution in [0.4, 0.5) is 36.4 Å². The number of Topliss-reactive ketones (excluding diaryl/α,β-unsaturated/α-hetero) is 4. The molecule has 0 unspecified atom stereocenters. The third-order valence-corrected chi connectivity index (χ3v) is 20.2. The van der Waals surface area contributed by atoms with Crippen LogP contribution in [0.1, 0.15) is 187 Å². The second-order valence-electron chi connectivity index (χ2n) is 29.6. The van der Waals surface area contributed by atoms with E-state index in [4.69, 9.17) is 34.2 Å². The van der Waals surface area contributed by atoms with Crippen LogP contribution in [0.5, 0.6) is 0 Å². The van der Waals surface area contributed by atoms with Crippen LogP contribution >= 0.6 is 0 Å². The molecule has 2 aliphatic heterocycles. The van der Waals surface area contributed by atoms with Gasteiger partial charge in [-0.1, -0.05) is 13.8 Å². The van der Waals surface area contributed by atoms with Crippen LogP contribution in [0.25, 0.3) is 22.3 Å². The number of halogens is 3. The van der Waals surface area contributed by atoms with Crippen molar-refractivity contribution in [3.05, 3.63) is 128 Å². The normalized spacial score (nSPS) is 14.8. The number of esters is 2. The topological polar surface area (TPSA) is 551 Å². The minimum absolute atomic E-state index is 0. The number of rotatable bonds is 46. The summed E-state index contributed by atoms with van der Waals surface area (Å²) in [5, 5.41) is 10.7. The first-order chi connectivity index (χ1) is 58.7. The van der Waals surface area contributed by atoms with Gasteiger partial charge in [-0.3, -0.25) is 97.1 Å². The molecule has 8 amide bonds. The molecule has 0 radical (unpaired) electrons. The maximum absolute atomic E-state index is 13.8. The first-order valence-corrected chi connectivity index (χ1v) is 40.1. The number of hydrogen-bond acceptors (Lipinski definition) is 31. The largest absolute Gasteiger partial charge is 1.00 e. The summed E-state index contributed by atoms with van der Waals surface area (Å²) in [4.78, 5) is 229. The second-order valence-corrected chi connectivity index (χ2v) is 29.6. The fraction of sp³-hybridized carbons (Fsp3) is 0.488. The molecule has 0 bridgehead atoms. The molecule has 4 aliphatic rings. The number of nitrogen functional groups attached to an aromatic ring is 1. The molecular weight excluding hydrogens is 1640 g/mol. The van der Waals surface area contributed by atoms with Gasteiger partial charge in [0.25, 0.3) is 46.6 Å². The molecule has 10 rings (SSSR count). The zero-order chi connectivity index (χ0) is 89.0. The predicted molar refractivity (Wildman–Crippen MR) is 432 cm³/mol. The molecule has 6 aromatic rings. The average Bonchev–Trinajstić information content (AvgIpc) is 1.60. The molecule has 2 atom stereocenters. The molecule has 43 heteroatoms. The third-order valence-electron chi connectivity index (χ3n) is 20.2. The van der Waals surface area contributed by atoms with Crippen molar-refractivity contribution in [3.63, 3.8) is 0 Å². The molecule has 0 spiro atoms. The molecular formula is C82H98F3LiN16O23. The van der Waals surface area contributed by atoms with Crippen LogP contribution < -0.4 is 61.9 Å². The van der Waals surface area contributed by atoms with E-state index >= 15 is 0 Å². The van der Waals surface area contributed by atoms with Gasteiger partial charge in [-0.15, -0.1) is 0 Å². The number of methoxy groups -OCH3 is 2. The summed E-state index contributed by atoms with van der Waals surface area (Å²) >= 11 is 0. The number of aromatic amines is 2. The zero-order valence-electron chi connectivity index (χ0n) is 69.7. The van der Waals surface area contributed by atoms with Crippen LogP contribution in [-0.2, 0) is 99.0 Å². The Kier molecular flexibility index (Phi) is 38.2. The number of H-pyrrole nitrogens is 2. The van der Waals surface area contributed by atoms with E-state index in [-0.39, 0.29) is 201 Å². The molecule has 0 saturated heterocycles. The Morgan fingerprint density at radius 3 is 1.34 bits per heavy atom. The van der Waals surface area contributed by atoms with Gasteiger partial charge in [0.1, 0.15) is 35.2 Å². The van der Waals surface area contributed by atoms with Crippen molar-refractivity contribution in [1.29, 1.82) is 0 Å². The standard InChI is InChI=1S/C44H51F3N8O12.C38H46N8O10.Li.H2O/c1-26(2)37(60)52-42-51-36-35(39(62)53-42)49-28(24-48-36)25-55(41(64)44(45,46)47)29-12-10-27(11-13-29)38(61)50-32(40(63)65-3)15-14-30(56)8-6-22-66-43(19-4-5-20-43)67-23-7-9-31(57)18-21-54-33(58)16-17-34(54)59;1-54-36(53)29(43-34(51)24-8-10-25(11-9-24)40-22-26-23-41-33-32(42-26)35(52)45-37(39)44-33)13-12-27(47)6-4-20-55-38(17-2-3-18-38)56-21-5-7-28(48)16-19-46-30(49)14-15-31(46)50;;/h10-13,16-17,24,26,32H,4-9,14-15,18-23,25H2,1-3H3,(H,50,61)(H2,48,51,52,53,60,62);8-11,14-15,23,29,40H,2-7,12-13,16-22H2,1H3,(H,43,51)(H3,39,41,44,45,52);;1H2/q;;+1;/p-1/t32-;29-;;/m00../s1. The van der Waals surface area contributed by atoms with Crippen LogP contribution in [0.15, 0.2) is 94.8 Å². The Balaban J connectivity index is 0.000000343. The summed E-state index contributed by atoms with van der Waals surface area (Å²) in [7, 11) is 2.30. The number of alkyl halides is 3.